The summed E-state index contributed by atoms with van der Waals surface area (Å²) >= 11 is 1.20. The molecule has 0 unspecified atom stereocenters. The Bertz CT molecular complexity index is 983. The molecule has 1 aromatic heterocycles. The highest BCUT2D eigenvalue weighted by atomic mass is 32.2. The number of benzene rings is 2. The Labute approximate surface area is 160 Å². The molecule has 0 saturated carbocycles. The van der Waals surface area contributed by atoms with E-state index >= 15 is 0 Å². The summed E-state index contributed by atoms with van der Waals surface area (Å²) in [5.41, 5.74) is 3.56. The molecule has 0 aliphatic heterocycles. The largest absolute Gasteiger partial charge is 0.426 e. The third-order valence-electron chi connectivity index (χ3n) is 3.85. The van der Waals surface area contributed by atoms with Gasteiger partial charge in [-0.05, 0) is 72.7 Å². The fourth-order valence-corrected chi connectivity index (χ4v) is 3.07. The molecule has 0 saturated heterocycles. The smallest absolute Gasteiger partial charge is 0.321 e. The van der Waals surface area contributed by atoms with Crippen LogP contribution in [0.4, 0.5) is 0 Å². The monoisotopic (exact) mass is 382 g/mol. The molecule has 2 aromatic carbocycles. The Morgan fingerprint density at radius 3 is 2.56 bits per heavy atom. The normalized spacial score (nSPS) is 10.6. The van der Waals surface area contributed by atoms with E-state index in [1.165, 1.54) is 18.7 Å². The zero-order valence-corrected chi connectivity index (χ0v) is 16.0. The first-order valence-corrected chi connectivity index (χ1v) is 9.23. The number of Topliss-reactive ketones (excluding diaryl/α,β-unsaturated/α-hetero) is 1. The van der Waals surface area contributed by atoms with Gasteiger partial charge in [-0.1, -0.05) is 23.9 Å². The molecule has 0 N–H and O–H groups in total. The molecule has 3 rings (SSSR count). The standard InChI is InChI=1S/C19H18N4O3S/c1-12-4-5-13(2)17(10-12)23-19(20-21-22-23)27-11-18(25)26-16-8-6-15(7-9-16)14(3)24/h4-10H,11H2,1-3H3. The van der Waals surface area contributed by atoms with E-state index in [-0.39, 0.29) is 11.5 Å². The average molecular weight is 382 g/mol. The molecule has 0 amide bonds. The van der Waals surface area contributed by atoms with Crippen LogP contribution >= 0.6 is 11.8 Å². The Hall–Kier alpha value is -3.00. The fourth-order valence-electron chi connectivity index (χ4n) is 2.41. The Morgan fingerprint density at radius 1 is 1.11 bits per heavy atom. The number of hydrogen-bond acceptors (Lipinski definition) is 7. The first-order chi connectivity index (χ1) is 12.9. The topological polar surface area (TPSA) is 87.0 Å². The lowest BCUT2D eigenvalue weighted by atomic mass is 10.1. The third kappa shape index (κ3) is 4.59. The van der Waals surface area contributed by atoms with Crippen molar-refractivity contribution in [3.05, 3.63) is 59.2 Å². The van der Waals surface area contributed by atoms with Gasteiger partial charge in [0.2, 0.25) is 5.16 Å². The van der Waals surface area contributed by atoms with Crippen molar-refractivity contribution in [2.45, 2.75) is 25.9 Å². The quantitative estimate of drug-likeness (QED) is 0.280. The number of ketones is 1. The number of aromatic nitrogens is 4. The van der Waals surface area contributed by atoms with Crippen LogP contribution in [0.15, 0.2) is 47.6 Å². The minimum atomic E-state index is -0.425. The number of rotatable bonds is 6. The second-order valence-electron chi connectivity index (χ2n) is 6.01. The number of tetrazole rings is 1. The maximum Gasteiger partial charge on any atom is 0.321 e. The number of aryl methyl sites for hydroxylation is 2. The molecule has 3 aromatic rings. The summed E-state index contributed by atoms with van der Waals surface area (Å²) in [5, 5.41) is 12.2. The summed E-state index contributed by atoms with van der Waals surface area (Å²) in [6.45, 7) is 5.45. The van der Waals surface area contributed by atoms with Crippen LogP contribution < -0.4 is 4.74 Å². The van der Waals surface area contributed by atoms with Gasteiger partial charge in [-0.15, -0.1) is 5.10 Å². The molecule has 0 aliphatic rings. The first-order valence-electron chi connectivity index (χ1n) is 8.24. The van der Waals surface area contributed by atoms with Crippen molar-refractivity contribution in [2.75, 3.05) is 5.75 Å². The van der Waals surface area contributed by atoms with Gasteiger partial charge < -0.3 is 4.74 Å². The molecule has 0 atom stereocenters. The number of esters is 1. The molecule has 0 fully saturated rings. The van der Waals surface area contributed by atoms with Gasteiger partial charge >= 0.3 is 5.97 Å². The van der Waals surface area contributed by atoms with Crippen molar-refractivity contribution >= 4 is 23.5 Å². The SMILES string of the molecule is CC(=O)c1ccc(OC(=O)CSc2nnnn2-c2cc(C)ccc2C)cc1. The second-order valence-corrected chi connectivity index (χ2v) is 6.95. The lowest BCUT2D eigenvalue weighted by Gasteiger charge is -2.08. The lowest BCUT2D eigenvalue weighted by Crippen LogP contribution is -2.12. The molecule has 138 valence electrons. The Kier molecular flexibility index (Phi) is 5.66. The lowest BCUT2D eigenvalue weighted by molar-refractivity contribution is -0.131. The van der Waals surface area contributed by atoms with E-state index in [1.54, 1.807) is 28.9 Å². The molecule has 0 radical (unpaired) electrons. The van der Waals surface area contributed by atoms with E-state index in [4.69, 9.17) is 4.74 Å². The fraction of sp³-hybridized carbons (Fsp3) is 0.211. The van der Waals surface area contributed by atoms with Crippen LogP contribution in [0.2, 0.25) is 0 Å². The molecular formula is C19H18N4O3S. The van der Waals surface area contributed by atoms with Crippen molar-refractivity contribution in [3.8, 4) is 11.4 Å². The van der Waals surface area contributed by atoms with Gasteiger partial charge in [0.1, 0.15) is 5.75 Å². The molecular weight excluding hydrogens is 364 g/mol. The maximum atomic E-state index is 12.1. The highest BCUT2D eigenvalue weighted by molar-refractivity contribution is 7.99. The number of ether oxygens (including phenoxy) is 1. The minimum Gasteiger partial charge on any atom is -0.426 e. The van der Waals surface area contributed by atoms with Crippen molar-refractivity contribution in [2.24, 2.45) is 0 Å². The molecule has 7 nitrogen and oxygen atoms in total. The van der Waals surface area contributed by atoms with Crippen LogP contribution in [0.5, 0.6) is 5.75 Å². The second kappa shape index (κ2) is 8.13. The van der Waals surface area contributed by atoms with Crippen molar-refractivity contribution < 1.29 is 14.3 Å². The zero-order chi connectivity index (χ0) is 19.4. The van der Waals surface area contributed by atoms with Crippen LogP contribution in [0, 0.1) is 13.8 Å². The summed E-state index contributed by atoms with van der Waals surface area (Å²) in [6.07, 6.45) is 0. The van der Waals surface area contributed by atoms with E-state index in [9.17, 15) is 9.59 Å². The van der Waals surface area contributed by atoms with Gasteiger partial charge in [-0.25, -0.2) is 0 Å². The van der Waals surface area contributed by atoms with Gasteiger partial charge in [0.05, 0.1) is 11.4 Å². The van der Waals surface area contributed by atoms with Gasteiger partial charge in [-0.3, -0.25) is 9.59 Å². The molecule has 0 bridgehead atoms. The first kappa shape index (κ1) is 18.8. The summed E-state index contributed by atoms with van der Waals surface area (Å²) < 4.78 is 6.90. The van der Waals surface area contributed by atoms with Gasteiger partial charge in [-0.2, -0.15) is 4.68 Å². The van der Waals surface area contributed by atoms with Crippen LogP contribution in [-0.4, -0.2) is 37.7 Å². The number of carbonyl (C=O) groups excluding carboxylic acids is 2. The molecule has 0 aliphatic carbocycles. The van der Waals surface area contributed by atoms with Crippen LogP contribution in [0.25, 0.3) is 5.69 Å². The maximum absolute atomic E-state index is 12.1. The summed E-state index contributed by atoms with van der Waals surface area (Å²) in [5.74, 6) is -0.0211. The average Bonchev–Trinajstić information content (AvgIpc) is 3.11. The zero-order valence-electron chi connectivity index (χ0n) is 15.2. The van der Waals surface area contributed by atoms with Crippen LogP contribution in [0.1, 0.15) is 28.4 Å². The predicted molar refractivity (Wildman–Crippen MR) is 101 cm³/mol. The van der Waals surface area contributed by atoms with E-state index in [0.29, 0.717) is 16.5 Å². The highest BCUT2D eigenvalue weighted by Crippen LogP contribution is 2.22. The number of carbonyl (C=O) groups is 2. The van der Waals surface area contributed by atoms with E-state index in [2.05, 4.69) is 15.5 Å². The van der Waals surface area contributed by atoms with E-state index in [1.807, 2.05) is 32.0 Å². The van der Waals surface area contributed by atoms with Crippen LogP contribution in [0.3, 0.4) is 0 Å². The third-order valence-corrected chi connectivity index (χ3v) is 4.74. The number of thioether (sulfide) groups is 1. The van der Waals surface area contributed by atoms with Crippen molar-refractivity contribution in [1.29, 1.82) is 0 Å². The van der Waals surface area contributed by atoms with E-state index in [0.717, 1.165) is 16.8 Å². The van der Waals surface area contributed by atoms with Crippen LogP contribution in [-0.2, 0) is 4.79 Å². The summed E-state index contributed by atoms with van der Waals surface area (Å²) in [4.78, 5) is 23.4. The molecule has 27 heavy (non-hydrogen) atoms. The summed E-state index contributed by atoms with van der Waals surface area (Å²) in [6, 6.07) is 12.5. The number of hydrogen-bond donors (Lipinski definition) is 0. The molecule has 0 spiro atoms. The van der Waals surface area contributed by atoms with Gasteiger partial charge in [0.25, 0.3) is 0 Å². The van der Waals surface area contributed by atoms with E-state index < -0.39 is 5.97 Å². The molecule has 1 heterocycles. The Morgan fingerprint density at radius 2 is 1.85 bits per heavy atom. The molecule has 8 heteroatoms. The van der Waals surface area contributed by atoms with Gasteiger partial charge in [0.15, 0.2) is 5.78 Å². The number of nitrogens with zero attached hydrogens (tertiary/aromatic N) is 4. The van der Waals surface area contributed by atoms with Gasteiger partial charge in [0, 0.05) is 5.56 Å². The predicted octanol–water partition coefficient (Wildman–Crippen LogP) is 3.18. The minimum absolute atomic E-state index is 0.0401. The summed E-state index contributed by atoms with van der Waals surface area (Å²) in [7, 11) is 0. The van der Waals surface area contributed by atoms with Crippen molar-refractivity contribution in [1.82, 2.24) is 20.2 Å². The highest BCUT2D eigenvalue weighted by Gasteiger charge is 2.14. The Balaban J connectivity index is 1.65. The van der Waals surface area contributed by atoms with Crippen molar-refractivity contribution in [3.63, 3.8) is 0 Å².